The molecule has 0 bridgehead atoms. The van der Waals surface area contributed by atoms with E-state index in [4.69, 9.17) is 4.52 Å². The second kappa shape index (κ2) is 7.28. The predicted octanol–water partition coefficient (Wildman–Crippen LogP) is 0.997. The Labute approximate surface area is 154 Å². The molecule has 2 fully saturated rings. The molecule has 2 aliphatic rings. The molecule has 0 spiro atoms. The van der Waals surface area contributed by atoms with Crippen LogP contribution in [0.4, 0.5) is 0 Å². The normalized spacial score (nSPS) is 26.0. The van der Waals surface area contributed by atoms with Gasteiger partial charge in [-0.25, -0.2) is 8.42 Å². The van der Waals surface area contributed by atoms with Crippen LogP contribution in [0.1, 0.15) is 50.5 Å². The number of piperidine rings is 1. The van der Waals surface area contributed by atoms with Crippen molar-refractivity contribution in [3.63, 3.8) is 0 Å². The van der Waals surface area contributed by atoms with Crippen molar-refractivity contribution in [1.82, 2.24) is 20.5 Å². The summed E-state index contributed by atoms with van der Waals surface area (Å²) >= 11 is 0. The van der Waals surface area contributed by atoms with E-state index in [9.17, 15) is 13.2 Å². The van der Waals surface area contributed by atoms with Crippen LogP contribution in [0.15, 0.2) is 9.42 Å². The van der Waals surface area contributed by atoms with Crippen molar-refractivity contribution in [1.29, 1.82) is 0 Å². The Kier molecular flexibility index (Phi) is 5.41. The zero-order valence-electron chi connectivity index (χ0n) is 15.6. The lowest BCUT2D eigenvalue weighted by Crippen LogP contribution is -2.61. The molecule has 1 amide bonds. The van der Waals surface area contributed by atoms with Crippen LogP contribution in [0.5, 0.6) is 0 Å². The monoisotopic (exact) mass is 384 g/mol. The lowest BCUT2D eigenvalue weighted by Gasteiger charge is -2.35. The minimum Gasteiger partial charge on any atom is -0.360 e. The molecule has 3 rings (SSSR count). The zero-order chi connectivity index (χ0) is 18.9. The molecule has 1 saturated heterocycles. The predicted molar refractivity (Wildman–Crippen MR) is 96.1 cm³/mol. The van der Waals surface area contributed by atoms with Crippen LogP contribution in [-0.2, 0) is 14.8 Å². The van der Waals surface area contributed by atoms with E-state index in [0.717, 1.165) is 25.8 Å². The van der Waals surface area contributed by atoms with Gasteiger partial charge in [0.05, 0.1) is 0 Å². The Morgan fingerprint density at radius 2 is 2.00 bits per heavy atom. The topological polar surface area (TPSA) is 113 Å². The first-order valence-corrected chi connectivity index (χ1v) is 10.7. The lowest BCUT2D eigenvalue weighted by molar-refractivity contribution is -0.128. The number of carbonyl (C=O) groups is 1. The van der Waals surface area contributed by atoms with Gasteiger partial charge in [0.1, 0.15) is 16.1 Å². The largest absolute Gasteiger partial charge is 0.360 e. The number of carbonyl (C=O) groups excluding carboxylic acids is 1. The van der Waals surface area contributed by atoms with Gasteiger partial charge >= 0.3 is 0 Å². The molecule has 1 aliphatic carbocycles. The molecule has 1 saturated carbocycles. The van der Waals surface area contributed by atoms with E-state index < -0.39 is 15.6 Å². The van der Waals surface area contributed by atoms with Crippen LogP contribution >= 0.6 is 0 Å². The van der Waals surface area contributed by atoms with Gasteiger partial charge in [-0.2, -0.15) is 4.72 Å². The summed E-state index contributed by atoms with van der Waals surface area (Å²) in [4.78, 5) is 13.1. The number of aryl methyl sites for hydroxylation is 2. The first-order chi connectivity index (χ1) is 12.3. The number of hydrogen-bond acceptors (Lipinski definition) is 6. The first kappa shape index (κ1) is 19.3. The van der Waals surface area contributed by atoms with Crippen LogP contribution in [0.2, 0.25) is 0 Å². The van der Waals surface area contributed by atoms with E-state index in [0.29, 0.717) is 31.0 Å². The highest BCUT2D eigenvalue weighted by atomic mass is 32.2. The number of nitrogens with one attached hydrogen (secondary N) is 3. The second-order valence-electron chi connectivity index (χ2n) is 7.60. The molecule has 1 aliphatic heterocycles. The fraction of sp³-hybridized carbons (Fsp3) is 0.765. The average Bonchev–Trinajstić information content (AvgIpc) is 3.17. The summed E-state index contributed by atoms with van der Waals surface area (Å²) in [5.41, 5.74) is -0.805. The maximum atomic E-state index is 13.1. The Bertz CT molecular complexity index is 748. The molecule has 2 atom stereocenters. The molecule has 9 heteroatoms. The Morgan fingerprint density at radius 1 is 1.31 bits per heavy atom. The summed E-state index contributed by atoms with van der Waals surface area (Å²) in [6.45, 7) is 6.91. The van der Waals surface area contributed by atoms with Crippen LogP contribution in [0, 0.1) is 19.8 Å². The van der Waals surface area contributed by atoms with E-state index in [1.54, 1.807) is 13.8 Å². The maximum Gasteiger partial charge on any atom is 0.246 e. The summed E-state index contributed by atoms with van der Waals surface area (Å²) in [6.07, 6.45) is 3.61. The van der Waals surface area contributed by atoms with E-state index in [1.807, 2.05) is 0 Å². The summed E-state index contributed by atoms with van der Waals surface area (Å²) in [5.74, 6) is 0.359. The molecule has 0 radical (unpaired) electrons. The highest BCUT2D eigenvalue weighted by molar-refractivity contribution is 7.89. The van der Waals surface area contributed by atoms with Crippen molar-refractivity contribution in [3.8, 4) is 0 Å². The van der Waals surface area contributed by atoms with E-state index in [2.05, 4.69) is 27.4 Å². The van der Waals surface area contributed by atoms with Crippen LogP contribution in [0.25, 0.3) is 0 Å². The van der Waals surface area contributed by atoms with Gasteiger partial charge in [0.2, 0.25) is 15.9 Å². The summed E-state index contributed by atoms with van der Waals surface area (Å²) < 4.78 is 33.6. The third-order valence-corrected chi connectivity index (χ3v) is 7.38. The van der Waals surface area contributed by atoms with Gasteiger partial charge in [-0.15, -0.1) is 0 Å². The van der Waals surface area contributed by atoms with Gasteiger partial charge in [0.25, 0.3) is 0 Å². The van der Waals surface area contributed by atoms with Gasteiger partial charge < -0.3 is 15.2 Å². The van der Waals surface area contributed by atoms with E-state index in [1.165, 1.54) is 0 Å². The fourth-order valence-corrected chi connectivity index (χ4v) is 5.77. The maximum absolute atomic E-state index is 13.1. The zero-order valence-corrected chi connectivity index (χ0v) is 16.4. The third-order valence-electron chi connectivity index (χ3n) is 5.60. The van der Waals surface area contributed by atoms with Gasteiger partial charge in [0.15, 0.2) is 5.76 Å². The van der Waals surface area contributed by atoms with Crippen molar-refractivity contribution in [2.45, 2.75) is 69.4 Å². The SMILES string of the molecule is Cc1noc(C)c1S(=O)(=O)NC1(C(=O)NC2CNCCC2C)CCCC1. The Morgan fingerprint density at radius 3 is 2.58 bits per heavy atom. The van der Waals surface area contributed by atoms with Crippen LogP contribution in [0.3, 0.4) is 0 Å². The average molecular weight is 385 g/mol. The third kappa shape index (κ3) is 3.65. The molecular formula is C17H28N4O4S. The van der Waals surface area contributed by atoms with Gasteiger partial charge in [0, 0.05) is 12.6 Å². The van der Waals surface area contributed by atoms with E-state index in [-0.39, 0.29) is 22.6 Å². The fourth-order valence-electron chi connectivity index (χ4n) is 4.01. The summed E-state index contributed by atoms with van der Waals surface area (Å²) in [5, 5.41) is 10.1. The standard InChI is InChI=1S/C17H28N4O4S/c1-11-6-9-18-10-14(11)19-16(22)17(7-4-5-8-17)21-26(23,24)15-12(2)20-25-13(15)3/h11,14,18,21H,4-10H2,1-3H3,(H,19,22). The summed E-state index contributed by atoms with van der Waals surface area (Å²) in [7, 11) is -3.90. The minimum atomic E-state index is -3.90. The van der Waals surface area contributed by atoms with Gasteiger partial charge in [-0.3, -0.25) is 4.79 Å². The van der Waals surface area contributed by atoms with Crippen molar-refractivity contribution >= 4 is 15.9 Å². The van der Waals surface area contributed by atoms with Gasteiger partial charge in [-0.1, -0.05) is 24.9 Å². The molecule has 1 aromatic rings. The molecule has 0 aromatic carbocycles. The molecule has 3 N–H and O–H groups in total. The Balaban J connectivity index is 1.82. The molecule has 2 unspecified atom stereocenters. The highest BCUT2D eigenvalue weighted by Gasteiger charge is 2.46. The smallest absolute Gasteiger partial charge is 0.246 e. The Hall–Kier alpha value is -1.45. The van der Waals surface area contributed by atoms with Gasteiger partial charge in [-0.05, 0) is 45.6 Å². The molecule has 146 valence electrons. The highest BCUT2D eigenvalue weighted by Crippen LogP contribution is 2.33. The van der Waals surface area contributed by atoms with Crippen LogP contribution < -0.4 is 15.4 Å². The number of sulfonamides is 1. The second-order valence-corrected chi connectivity index (χ2v) is 9.22. The molecule has 26 heavy (non-hydrogen) atoms. The number of aromatic nitrogens is 1. The lowest BCUT2D eigenvalue weighted by atomic mass is 9.92. The first-order valence-electron chi connectivity index (χ1n) is 9.24. The van der Waals surface area contributed by atoms with E-state index >= 15 is 0 Å². The van der Waals surface area contributed by atoms with Crippen molar-refractivity contribution in [2.24, 2.45) is 5.92 Å². The molecule has 8 nitrogen and oxygen atoms in total. The minimum absolute atomic E-state index is 0.0114. The molecular weight excluding hydrogens is 356 g/mol. The number of hydrogen-bond donors (Lipinski definition) is 3. The molecule has 1 aromatic heterocycles. The van der Waals surface area contributed by atoms with Crippen molar-refractivity contribution in [3.05, 3.63) is 11.5 Å². The number of rotatable bonds is 5. The van der Waals surface area contributed by atoms with Crippen molar-refractivity contribution in [2.75, 3.05) is 13.1 Å². The van der Waals surface area contributed by atoms with Crippen LogP contribution in [-0.4, -0.2) is 44.2 Å². The molecule has 2 heterocycles. The number of nitrogens with zero attached hydrogens (tertiary/aromatic N) is 1. The quantitative estimate of drug-likeness (QED) is 0.698. The summed E-state index contributed by atoms with van der Waals surface area (Å²) in [6, 6.07) is 0.0114. The number of amides is 1. The van der Waals surface area contributed by atoms with Crippen molar-refractivity contribution < 1.29 is 17.7 Å².